The molecule has 0 radical (unpaired) electrons. The van der Waals surface area contributed by atoms with Crippen LogP contribution in [0.3, 0.4) is 0 Å². The molecule has 1 fully saturated rings. The number of ether oxygens (including phenoxy) is 2. The molecule has 1 aliphatic rings. The number of nitrogens with one attached hydrogen (secondary N) is 1. The minimum Gasteiger partial charge on any atom is -0.456 e. The third-order valence-electron chi connectivity index (χ3n) is 3.11. The van der Waals surface area contributed by atoms with Gasteiger partial charge in [0, 0.05) is 13.1 Å². The Bertz CT molecular complexity index is 401. The first kappa shape index (κ1) is 13.1. The Balaban J connectivity index is 1.77. The number of hydrogen-bond acceptors (Lipinski definition) is 4. The monoisotopic (exact) mass is 249 g/mol. The van der Waals surface area contributed by atoms with Gasteiger partial charge in [-0.3, -0.25) is 0 Å². The van der Waals surface area contributed by atoms with E-state index in [0.717, 1.165) is 18.7 Å². The molecular formula is C14H19NO3. The number of rotatable bonds is 5. The van der Waals surface area contributed by atoms with Crippen LogP contribution in [0.5, 0.6) is 0 Å². The standard InChI is InChI=1S/C14H19NO3/c1-11(12-6-4-3-5-7-12)18-13(16)8-17-14(2)9-15-10-14/h3-7,11,15H,8-10H2,1-2H3. The van der Waals surface area contributed by atoms with Gasteiger partial charge in [0.1, 0.15) is 12.7 Å². The number of hydrogen-bond donors (Lipinski definition) is 1. The zero-order chi connectivity index (χ0) is 13.0. The maximum atomic E-state index is 11.6. The number of benzene rings is 1. The summed E-state index contributed by atoms with van der Waals surface area (Å²) < 4.78 is 10.8. The second-order valence-corrected chi connectivity index (χ2v) is 4.88. The maximum absolute atomic E-state index is 11.6. The zero-order valence-corrected chi connectivity index (χ0v) is 10.8. The van der Waals surface area contributed by atoms with Crippen LogP contribution >= 0.6 is 0 Å². The quantitative estimate of drug-likeness (QED) is 0.806. The van der Waals surface area contributed by atoms with Crippen LogP contribution in [0.2, 0.25) is 0 Å². The van der Waals surface area contributed by atoms with Gasteiger partial charge in [0.05, 0.1) is 5.60 Å². The molecule has 4 heteroatoms. The summed E-state index contributed by atoms with van der Waals surface area (Å²) in [5.41, 5.74) is 0.775. The Hall–Kier alpha value is -1.39. The van der Waals surface area contributed by atoms with Crippen molar-refractivity contribution in [1.29, 1.82) is 0 Å². The van der Waals surface area contributed by atoms with Gasteiger partial charge in [0.15, 0.2) is 0 Å². The molecular weight excluding hydrogens is 230 g/mol. The third kappa shape index (κ3) is 3.31. The van der Waals surface area contributed by atoms with Crippen LogP contribution in [-0.4, -0.2) is 31.3 Å². The van der Waals surface area contributed by atoms with E-state index in [-0.39, 0.29) is 24.3 Å². The Morgan fingerprint density at radius 3 is 2.61 bits per heavy atom. The SMILES string of the molecule is CC(OC(=O)COC1(C)CNC1)c1ccccc1. The van der Waals surface area contributed by atoms with Crippen LogP contribution in [0.4, 0.5) is 0 Å². The Morgan fingerprint density at radius 1 is 1.39 bits per heavy atom. The first-order valence-corrected chi connectivity index (χ1v) is 6.18. The molecule has 0 amide bonds. The molecule has 1 N–H and O–H groups in total. The molecule has 1 aromatic carbocycles. The van der Waals surface area contributed by atoms with Crippen LogP contribution < -0.4 is 5.32 Å². The van der Waals surface area contributed by atoms with E-state index in [1.165, 1.54) is 0 Å². The van der Waals surface area contributed by atoms with Crippen molar-refractivity contribution in [3.05, 3.63) is 35.9 Å². The molecule has 1 aliphatic heterocycles. The predicted octanol–water partition coefficient (Wildman–Crippen LogP) is 1.67. The van der Waals surface area contributed by atoms with Crippen molar-refractivity contribution in [3.63, 3.8) is 0 Å². The van der Waals surface area contributed by atoms with Crippen molar-refractivity contribution in [2.24, 2.45) is 0 Å². The van der Waals surface area contributed by atoms with E-state index in [1.807, 2.05) is 44.2 Å². The summed E-state index contributed by atoms with van der Waals surface area (Å²) >= 11 is 0. The van der Waals surface area contributed by atoms with Crippen molar-refractivity contribution in [3.8, 4) is 0 Å². The average Bonchev–Trinajstić information content (AvgIpc) is 2.35. The first-order chi connectivity index (χ1) is 8.59. The second-order valence-electron chi connectivity index (χ2n) is 4.88. The van der Waals surface area contributed by atoms with E-state index in [9.17, 15) is 4.79 Å². The van der Waals surface area contributed by atoms with E-state index in [1.54, 1.807) is 0 Å². The lowest BCUT2D eigenvalue weighted by Gasteiger charge is -2.38. The summed E-state index contributed by atoms with van der Waals surface area (Å²) in [7, 11) is 0. The highest BCUT2D eigenvalue weighted by molar-refractivity contribution is 5.71. The van der Waals surface area contributed by atoms with E-state index < -0.39 is 0 Å². The highest BCUT2D eigenvalue weighted by Gasteiger charge is 2.33. The molecule has 1 atom stereocenters. The molecule has 1 saturated heterocycles. The summed E-state index contributed by atoms with van der Waals surface area (Å²) in [6.07, 6.45) is -0.241. The highest BCUT2D eigenvalue weighted by Crippen LogP contribution is 2.18. The van der Waals surface area contributed by atoms with Gasteiger partial charge in [-0.2, -0.15) is 0 Å². The second kappa shape index (κ2) is 5.50. The first-order valence-electron chi connectivity index (χ1n) is 6.18. The Kier molecular flexibility index (Phi) is 3.99. The van der Waals surface area contributed by atoms with Gasteiger partial charge in [-0.05, 0) is 19.4 Å². The summed E-state index contributed by atoms with van der Waals surface area (Å²) in [6, 6.07) is 9.67. The molecule has 0 spiro atoms. The Morgan fingerprint density at radius 2 is 2.06 bits per heavy atom. The molecule has 2 rings (SSSR count). The molecule has 0 aromatic heterocycles. The molecule has 1 unspecified atom stereocenters. The van der Waals surface area contributed by atoms with Crippen LogP contribution in [0.15, 0.2) is 30.3 Å². The molecule has 98 valence electrons. The lowest BCUT2D eigenvalue weighted by molar-refractivity contribution is -0.163. The molecule has 18 heavy (non-hydrogen) atoms. The fourth-order valence-electron chi connectivity index (χ4n) is 1.84. The summed E-state index contributed by atoms with van der Waals surface area (Å²) in [6.45, 7) is 5.43. The minimum absolute atomic E-state index is 0.00928. The van der Waals surface area contributed by atoms with Gasteiger partial charge in [-0.1, -0.05) is 30.3 Å². The summed E-state index contributed by atoms with van der Waals surface area (Å²) in [4.78, 5) is 11.6. The molecule has 0 saturated carbocycles. The van der Waals surface area contributed by atoms with Crippen molar-refractivity contribution >= 4 is 5.97 Å². The van der Waals surface area contributed by atoms with Crippen molar-refractivity contribution in [2.45, 2.75) is 25.6 Å². The molecule has 0 aliphatic carbocycles. The third-order valence-corrected chi connectivity index (χ3v) is 3.11. The average molecular weight is 249 g/mol. The van der Waals surface area contributed by atoms with Crippen molar-refractivity contribution in [2.75, 3.05) is 19.7 Å². The molecule has 1 heterocycles. The van der Waals surface area contributed by atoms with Gasteiger partial charge >= 0.3 is 5.97 Å². The topological polar surface area (TPSA) is 47.6 Å². The van der Waals surface area contributed by atoms with E-state index >= 15 is 0 Å². The lowest BCUT2D eigenvalue weighted by atomic mass is 10.0. The van der Waals surface area contributed by atoms with Crippen LogP contribution in [0, 0.1) is 0 Å². The van der Waals surface area contributed by atoms with Gasteiger partial charge in [0.2, 0.25) is 0 Å². The summed E-state index contributed by atoms with van der Waals surface area (Å²) in [5, 5.41) is 3.11. The van der Waals surface area contributed by atoms with E-state index in [0.29, 0.717) is 0 Å². The van der Waals surface area contributed by atoms with Gasteiger partial charge in [-0.25, -0.2) is 4.79 Å². The number of carbonyl (C=O) groups excluding carboxylic acids is 1. The zero-order valence-electron chi connectivity index (χ0n) is 10.8. The molecule has 4 nitrogen and oxygen atoms in total. The van der Waals surface area contributed by atoms with E-state index in [4.69, 9.17) is 9.47 Å². The fourth-order valence-corrected chi connectivity index (χ4v) is 1.84. The molecule has 1 aromatic rings. The minimum atomic E-state index is -0.320. The van der Waals surface area contributed by atoms with Crippen LogP contribution in [-0.2, 0) is 14.3 Å². The number of esters is 1. The number of carbonyl (C=O) groups is 1. The smallest absolute Gasteiger partial charge is 0.332 e. The van der Waals surface area contributed by atoms with Gasteiger partial charge in [0.25, 0.3) is 0 Å². The van der Waals surface area contributed by atoms with Crippen LogP contribution in [0.1, 0.15) is 25.5 Å². The van der Waals surface area contributed by atoms with Crippen molar-refractivity contribution in [1.82, 2.24) is 5.32 Å². The molecule has 0 bridgehead atoms. The van der Waals surface area contributed by atoms with Crippen LogP contribution in [0.25, 0.3) is 0 Å². The lowest BCUT2D eigenvalue weighted by Crippen LogP contribution is -2.59. The summed E-state index contributed by atoms with van der Waals surface area (Å²) in [5.74, 6) is -0.320. The highest BCUT2D eigenvalue weighted by atomic mass is 16.6. The van der Waals surface area contributed by atoms with E-state index in [2.05, 4.69) is 5.32 Å². The fraction of sp³-hybridized carbons (Fsp3) is 0.500. The normalized spacial score (nSPS) is 18.8. The maximum Gasteiger partial charge on any atom is 0.332 e. The Labute approximate surface area is 107 Å². The largest absolute Gasteiger partial charge is 0.456 e. The van der Waals surface area contributed by atoms with Gasteiger partial charge in [-0.15, -0.1) is 0 Å². The predicted molar refractivity (Wildman–Crippen MR) is 68.2 cm³/mol. The van der Waals surface area contributed by atoms with Gasteiger partial charge < -0.3 is 14.8 Å². The van der Waals surface area contributed by atoms with Crippen molar-refractivity contribution < 1.29 is 14.3 Å².